The molecule has 0 fully saturated rings. The number of nitrogens with zero attached hydrogens (tertiary/aromatic N) is 1. The van der Waals surface area contributed by atoms with Gasteiger partial charge in [0.1, 0.15) is 0 Å². The molecule has 21 heavy (non-hydrogen) atoms. The van der Waals surface area contributed by atoms with E-state index >= 15 is 0 Å². The third kappa shape index (κ3) is 5.19. The molecule has 1 amide bonds. The van der Waals surface area contributed by atoms with Crippen molar-refractivity contribution >= 4 is 17.6 Å². The summed E-state index contributed by atoms with van der Waals surface area (Å²) in [5.41, 5.74) is 0.559. The Morgan fingerprint density at radius 2 is 2.10 bits per heavy atom. The number of carboxylic acids is 1. The number of carboxylic acid groups (broad SMARTS) is 1. The number of benzene rings is 1. The lowest BCUT2D eigenvalue weighted by molar-refractivity contribution is -0.384. The molecular weight excluding hydrogens is 280 g/mol. The van der Waals surface area contributed by atoms with E-state index in [9.17, 15) is 19.7 Å². The van der Waals surface area contributed by atoms with E-state index in [-0.39, 0.29) is 24.2 Å². The largest absolute Gasteiger partial charge is 0.481 e. The molecule has 0 aromatic heterocycles. The van der Waals surface area contributed by atoms with E-state index < -0.39 is 22.9 Å². The Balaban J connectivity index is 2.75. The van der Waals surface area contributed by atoms with E-state index in [1.165, 1.54) is 25.3 Å². The van der Waals surface area contributed by atoms with Crippen LogP contribution in [0.5, 0.6) is 0 Å². The molecule has 0 aliphatic rings. The van der Waals surface area contributed by atoms with Gasteiger partial charge in [-0.2, -0.15) is 0 Å². The van der Waals surface area contributed by atoms with Crippen LogP contribution in [-0.2, 0) is 9.53 Å². The molecular formula is C13H16N2O6. The number of aliphatic carboxylic acids is 1. The molecule has 0 heterocycles. The molecule has 0 aliphatic carbocycles. The van der Waals surface area contributed by atoms with Gasteiger partial charge in [0.25, 0.3) is 11.6 Å². The lowest BCUT2D eigenvalue weighted by Crippen LogP contribution is -2.34. The Morgan fingerprint density at radius 3 is 2.62 bits per heavy atom. The van der Waals surface area contributed by atoms with Crippen molar-refractivity contribution in [3.05, 3.63) is 39.4 Å². The van der Waals surface area contributed by atoms with Crippen LogP contribution >= 0.6 is 0 Å². The Hall–Kier alpha value is -2.48. The number of nitro benzene ring substituents is 1. The van der Waals surface area contributed by atoms with E-state index in [0.717, 1.165) is 0 Å². The van der Waals surface area contributed by atoms with Gasteiger partial charge in [0.05, 0.1) is 17.4 Å². The number of methoxy groups -OCH3 is 1. The smallest absolute Gasteiger partial charge is 0.306 e. The van der Waals surface area contributed by atoms with E-state index in [2.05, 4.69) is 5.32 Å². The van der Waals surface area contributed by atoms with Gasteiger partial charge in [-0.3, -0.25) is 19.7 Å². The maximum atomic E-state index is 11.9. The summed E-state index contributed by atoms with van der Waals surface area (Å²) in [4.78, 5) is 32.7. The second-order valence-electron chi connectivity index (χ2n) is 4.48. The van der Waals surface area contributed by atoms with E-state index in [1.807, 2.05) is 0 Å². The van der Waals surface area contributed by atoms with Crippen molar-refractivity contribution in [2.24, 2.45) is 0 Å². The number of non-ortho nitro benzene ring substituents is 1. The third-order valence-electron chi connectivity index (χ3n) is 2.76. The molecule has 1 rings (SSSR count). The van der Waals surface area contributed by atoms with Crippen molar-refractivity contribution in [2.75, 3.05) is 13.7 Å². The second kappa shape index (κ2) is 7.34. The monoisotopic (exact) mass is 296 g/mol. The van der Waals surface area contributed by atoms with Crippen molar-refractivity contribution in [1.29, 1.82) is 0 Å². The van der Waals surface area contributed by atoms with Crippen LogP contribution in [0.15, 0.2) is 18.2 Å². The first-order valence-electron chi connectivity index (χ1n) is 6.12. The van der Waals surface area contributed by atoms with Gasteiger partial charge >= 0.3 is 5.97 Å². The lowest BCUT2D eigenvalue weighted by atomic mass is 10.1. The molecule has 0 spiro atoms. The van der Waals surface area contributed by atoms with Crippen molar-refractivity contribution in [1.82, 2.24) is 5.32 Å². The highest BCUT2D eigenvalue weighted by atomic mass is 16.6. The molecule has 0 bridgehead atoms. The topological polar surface area (TPSA) is 119 Å². The molecule has 0 aliphatic heterocycles. The third-order valence-corrected chi connectivity index (χ3v) is 2.76. The van der Waals surface area contributed by atoms with Crippen molar-refractivity contribution in [3.8, 4) is 0 Å². The van der Waals surface area contributed by atoms with Gasteiger partial charge in [-0.1, -0.05) is 0 Å². The fraction of sp³-hybridized carbons (Fsp3) is 0.385. The summed E-state index contributed by atoms with van der Waals surface area (Å²) >= 11 is 0. The Kier molecular flexibility index (Phi) is 5.79. The average molecular weight is 296 g/mol. The number of rotatable bonds is 7. The summed E-state index contributed by atoms with van der Waals surface area (Å²) in [5.74, 6) is -1.56. The minimum absolute atomic E-state index is 0.00335. The highest BCUT2D eigenvalue weighted by Crippen LogP contribution is 2.16. The normalized spacial score (nSPS) is 11.7. The van der Waals surface area contributed by atoms with E-state index in [1.54, 1.807) is 6.92 Å². The first-order valence-corrected chi connectivity index (χ1v) is 6.12. The molecule has 114 valence electrons. The van der Waals surface area contributed by atoms with Crippen LogP contribution in [0.1, 0.15) is 22.3 Å². The zero-order chi connectivity index (χ0) is 16.0. The van der Waals surface area contributed by atoms with Gasteiger partial charge in [-0.05, 0) is 18.6 Å². The minimum Gasteiger partial charge on any atom is -0.481 e. The van der Waals surface area contributed by atoms with Crippen molar-refractivity contribution in [2.45, 2.75) is 19.4 Å². The lowest BCUT2D eigenvalue weighted by Gasteiger charge is -2.14. The second-order valence-corrected chi connectivity index (χ2v) is 4.48. The number of nitro groups is 1. The van der Waals surface area contributed by atoms with E-state index in [0.29, 0.717) is 5.56 Å². The summed E-state index contributed by atoms with van der Waals surface area (Å²) in [6, 6.07) is 4.04. The molecule has 0 saturated heterocycles. The fourth-order valence-corrected chi connectivity index (χ4v) is 1.74. The first kappa shape index (κ1) is 16.6. The van der Waals surface area contributed by atoms with Gasteiger partial charge in [0.15, 0.2) is 0 Å². The fourth-order valence-electron chi connectivity index (χ4n) is 1.74. The summed E-state index contributed by atoms with van der Waals surface area (Å²) < 4.78 is 4.93. The number of aryl methyl sites for hydroxylation is 1. The van der Waals surface area contributed by atoms with Gasteiger partial charge < -0.3 is 15.2 Å². The minimum atomic E-state index is -1.04. The number of hydrogen-bond donors (Lipinski definition) is 2. The Labute approximate surface area is 120 Å². The summed E-state index contributed by atoms with van der Waals surface area (Å²) in [7, 11) is 1.34. The number of carbonyl (C=O) groups excluding carboxylic acids is 1. The molecule has 1 atom stereocenters. The van der Waals surface area contributed by atoms with Crippen molar-refractivity contribution in [3.63, 3.8) is 0 Å². The molecule has 0 saturated carbocycles. The Morgan fingerprint density at radius 1 is 1.43 bits per heavy atom. The van der Waals surface area contributed by atoms with Gasteiger partial charge in [-0.25, -0.2) is 0 Å². The first-order chi connectivity index (χ1) is 9.83. The van der Waals surface area contributed by atoms with Crippen LogP contribution in [-0.4, -0.2) is 41.7 Å². The van der Waals surface area contributed by atoms with Crippen LogP contribution < -0.4 is 5.32 Å². The number of ether oxygens (including phenoxy) is 1. The van der Waals surface area contributed by atoms with Crippen LogP contribution in [0.2, 0.25) is 0 Å². The van der Waals surface area contributed by atoms with E-state index in [4.69, 9.17) is 9.84 Å². The highest BCUT2D eigenvalue weighted by Gasteiger charge is 2.16. The number of hydrogen-bond acceptors (Lipinski definition) is 5. The average Bonchev–Trinajstić information content (AvgIpc) is 2.41. The molecule has 1 unspecified atom stereocenters. The highest BCUT2D eigenvalue weighted by molar-refractivity contribution is 5.95. The molecule has 2 N–H and O–H groups in total. The molecule has 0 radical (unpaired) electrons. The zero-order valence-electron chi connectivity index (χ0n) is 11.7. The number of amides is 1. The quantitative estimate of drug-likeness (QED) is 0.575. The van der Waals surface area contributed by atoms with Crippen LogP contribution in [0.3, 0.4) is 0 Å². The van der Waals surface area contributed by atoms with Gasteiger partial charge in [-0.15, -0.1) is 0 Å². The van der Waals surface area contributed by atoms with Crippen molar-refractivity contribution < 1.29 is 24.4 Å². The van der Waals surface area contributed by atoms with Gasteiger partial charge in [0.2, 0.25) is 0 Å². The maximum absolute atomic E-state index is 11.9. The molecule has 8 nitrogen and oxygen atoms in total. The SMILES string of the molecule is COC(CNC(=O)c1cc(C)cc([N+](=O)[O-])c1)CC(=O)O. The standard InChI is InChI=1S/C13H16N2O6/c1-8-3-9(5-10(4-8)15(19)20)13(18)14-7-11(21-2)6-12(16)17/h3-5,11H,6-7H2,1-2H3,(H,14,18)(H,16,17). The zero-order valence-corrected chi connectivity index (χ0v) is 11.7. The van der Waals surface area contributed by atoms with Crippen LogP contribution in [0.25, 0.3) is 0 Å². The van der Waals surface area contributed by atoms with Crippen LogP contribution in [0, 0.1) is 17.0 Å². The number of nitrogens with one attached hydrogen (secondary N) is 1. The molecule has 8 heteroatoms. The molecule has 1 aromatic carbocycles. The van der Waals surface area contributed by atoms with Crippen LogP contribution in [0.4, 0.5) is 5.69 Å². The predicted octanol–water partition coefficient (Wildman–Crippen LogP) is 1.12. The summed E-state index contributed by atoms with van der Waals surface area (Å²) in [5, 5.41) is 21.9. The number of carbonyl (C=O) groups is 2. The maximum Gasteiger partial charge on any atom is 0.306 e. The molecule has 1 aromatic rings. The predicted molar refractivity (Wildman–Crippen MR) is 73.2 cm³/mol. The Bertz CT molecular complexity index is 558. The summed E-state index contributed by atoms with van der Waals surface area (Å²) in [6.45, 7) is 1.65. The summed E-state index contributed by atoms with van der Waals surface area (Å²) in [6.07, 6.45) is -0.906. The van der Waals surface area contributed by atoms with Gasteiger partial charge in [0, 0.05) is 31.4 Å².